The van der Waals surface area contributed by atoms with Gasteiger partial charge in [0.05, 0.1) is 25.7 Å². The fraction of sp³-hybridized carbons (Fsp3) is 1.00. The molecule has 3 nitrogen and oxygen atoms in total. The predicted molar refractivity (Wildman–Crippen MR) is 53.1 cm³/mol. The minimum Gasteiger partial charge on any atom is -0.394 e. The number of aliphatic hydroxyl groups excluding tert-OH is 1. The van der Waals surface area contributed by atoms with Crippen LogP contribution in [-0.2, 0) is 4.74 Å². The number of aliphatic hydroxyl groups is 1. The van der Waals surface area contributed by atoms with Gasteiger partial charge in [0.1, 0.15) is 0 Å². The zero-order valence-corrected chi connectivity index (χ0v) is 9.31. The van der Waals surface area contributed by atoms with Crippen LogP contribution >= 0.6 is 0 Å². The van der Waals surface area contributed by atoms with Crippen LogP contribution in [0.2, 0.25) is 0 Å². The Morgan fingerprint density at radius 2 is 2.19 bits per heavy atom. The van der Waals surface area contributed by atoms with E-state index in [9.17, 15) is 18.3 Å². The summed E-state index contributed by atoms with van der Waals surface area (Å²) in [6.07, 6.45) is -3.25. The van der Waals surface area contributed by atoms with Gasteiger partial charge >= 0.3 is 6.18 Å². The quantitative estimate of drug-likeness (QED) is 0.765. The van der Waals surface area contributed by atoms with Gasteiger partial charge in [-0.25, -0.2) is 0 Å². The van der Waals surface area contributed by atoms with Crippen LogP contribution in [-0.4, -0.2) is 43.2 Å². The summed E-state index contributed by atoms with van der Waals surface area (Å²) >= 11 is 0. The van der Waals surface area contributed by atoms with Gasteiger partial charge in [0, 0.05) is 5.54 Å². The number of likely N-dealkylation sites (N-methyl/N-ethyl adjacent to an activating group) is 1. The van der Waals surface area contributed by atoms with Gasteiger partial charge in [0.25, 0.3) is 0 Å². The smallest absolute Gasteiger partial charge is 0.391 e. The van der Waals surface area contributed by atoms with Crippen molar-refractivity contribution >= 4 is 0 Å². The highest BCUT2D eigenvalue weighted by Crippen LogP contribution is 2.31. The SMILES string of the molecule is CNC1(CO)CCC(OCCC(F)(F)F)C1. The minimum absolute atomic E-state index is 0.0113. The van der Waals surface area contributed by atoms with Crippen molar-refractivity contribution in [2.75, 3.05) is 20.3 Å². The molecule has 0 spiro atoms. The van der Waals surface area contributed by atoms with Crippen molar-refractivity contribution < 1.29 is 23.0 Å². The fourth-order valence-electron chi connectivity index (χ4n) is 2.01. The van der Waals surface area contributed by atoms with E-state index in [0.717, 1.165) is 6.42 Å². The lowest BCUT2D eigenvalue weighted by atomic mass is 9.99. The van der Waals surface area contributed by atoms with Crippen molar-refractivity contribution in [3.63, 3.8) is 0 Å². The summed E-state index contributed by atoms with van der Waals surface area (Å²) in [4.78, 5) is 0. The van der Waals surface area contributed by atoms with Gasteiger partial charge in [-0.05, 0) is 26.3 Å². The number of ether oxygens (including phenoxy) is 1. The highest BCUT2D eigenvalue weighted by Gasteiger charge is 2.38. The molecule has 0 amide bonds. The molecule has 0 heterocycles. The molecule has 1 rings (SSSR count). The van der Waals surface area contributed by atoms with Gasteiger partial charge in [-0.1, -0.05) is 0 Å². The standard InChI is InChI=1S/C10H18F3NO2/c1-14-9(7-15)3-2-8(6-9)16-5-4-10(11,12)13/h8,14-15H,2-7H2,1H3. The van der Waals surface area contributed by atoms with Crippen LogP contribution in [0.4, 0.5) is 13.2 Å². The van der Waals surface area contributed by atoms with Crippen LogP contribution < -0.4 is 5.32 Å². The molecular weight excluding hydrogens is 223 g/mol. The second-order valence-electron chi connectivity index (χ2n) is 4.29. The zero-order valence-electron chi connectivity index (χ0n) is 9.31. The van der Waals surface area contributed by atoms with Crippen molar-refractivity contribution in [2.45, 2.75) is 43.5 Å². The number of nitrogens with one attached hydrogen (secondary N) is 1. The Balaban J connectivity index is 2.26. The van der Waals surface area contributed by atoms with Crippen LogP contribution in [0.25, 0.3) is 0 Å². The summed E-state index contributed by atoms with van der Waals surface area (Å²) in [5, 5.41) is 12.2. The summed E-state index contributed by atoms with van der Waals surface area (Å²) in [7, 11) is 1.74. The number of alkyl halides is 3. The summed E-state index contributed by atoms with van der Waals surface area (Å²) in [6.45, 7) is -0.304. The molecule has 0 aromatic rings. The maximum atomic E-state index is 11.9. The van der Waals surface area contributed by atoms with E-state index >= 15 is 0 Å². The maximum Gasteiger partial charge on any atom is 0.391 e. The molecular formula is C10H18F3NO2. The van der Waals surface area contributed by atoms with Crippen molar-refractivity contribution in [1.29, 1.82) is 0 Å². The Bertz CT molecular complexity index is 217. The van der Waals surface area contributed by atoms with Crippen LogP contribution in [0.5, 0.6) is 0 Å². The van der Waals surface area contributed by atoms with E-state index in [0.29, 0.717) is 12.8 Å². The summed E-state index contributed by atoms with van der Waals surface area (Å²) in [5.74, 6) is 0. The molecule has 0 saturated heterocycles. The average Bonchev–Trinajstić information content (AvgIpc) is 2.61. The number of hydrogen-bond acceptors (Lipinski definition) is 3. The second kappa shape index (κ2) is 5.33. The molecule has 2 N–H and O–H groups in total. The Kier molecular flexibility index (Phi) is 4.58. The first-order valence-electron chi connectivity index (χ1n) is 5.39. The van der Waals surface area contributed by atoms with Gasteiger partial charge in [-0.3, -0.25) is 0 Å². The van der Waals surface area contributed by atoms with Gasteiger partial charge < -0.3 is 15.2 Å². The lowest BCUT2D eigenvalue weighted by Crippen LogP contribution is -2.44. The van der Waals surface area contributed by atoms with E-state index in [2.05, 4.69) is 5.32 Å². The van der Waals surface area contributed by atoms with Gasteiger partial charge in [0.15, 0.2) is 0 Å². The van der Waals surface area contributed by atoms with Gasteiger partial charge in [-0.15, -0.1) is 0 Å². The first-order valence-corrected chi connectivity index (χ1v) is 5.39. The molecule has 2 atom stereocenters. The maximum absolute atomic E-state index is 11.9. The third-order valence-electron chi connectivity index (χ3n) is 3.14. The molecule has 16 heavy (non-hydrogen) atoms. The van der Waals surface area contributed by atoms with Crippen LogP contribution in [0, 0.1) is 0 Å². The van der Waals surface area contributed by atoms with E-state index < -0.39 is 12.6 Å². The van der Waals surface area contributed by atoms with Crippen LogP contribution in [0.15, 0.2) is 0 Å². The number of hydrogen-bond donors (Lipinski definition) is 2. The Hall–Kier alpha value is -0.330. The predicted octanol–water partition coefficient (Wildman–Crippen LogP) is 1.46. The molecule has 96 valence electrons. The third-order valence-corrected chi connectivity index (χ3v) is 3.14. The molecule has 0 bridgehead atoms. The first kappa shape index (κ1) is 13.7. The Morgan fingerprint density at radius 1 is 1.50 bits per heavy atom. The van der Waals surface area contributed by atoms with Crippen LogP contribution in [0.3, 0.4) is 0 Å². The second-order valence-corrected chi connectivity index (χ2v) is 4.29. The molecule has 1 saturated carbocycles. The van der Waals surface area contributed by atoms with E-state index in [1.165, 1.54) is 0 Å². The molecule has 1 aliphatic rings. The van der Waals surface area contributed by atoms with E-state index in [1.54, 1.807) is 7.05 Å². The number of rotatable bonds is 5. The van der Waals surface area contributed by atoms with Crippen molar-refractivity contribution in [3.05, 3.63) is 0 Å². The topological polar surface area (TPSA) is 41.5 Å². The van der Waals surface area contributed by atoms with Gasteiger partial charge in [0.2, 0.25) is 0 Å². The molecule has 0 aromatic carbocycles. The molecule has 1 fully saturated rings. The molecule has 6 heteroatoms. The summed E-state index contributed by atoms with van der Waals surface area (Å²) in [6, 6.07) is 0. The van der Waals surface area contributed by atoms with E-state index in [1.807, 2.05) is 0 Å². The Morgan fingerprint density at radius 3 is 2.62 bits per heavy atom. The lowest BCUT2D eigenvalue weighted by Gasteiger charge is -2.26. The summed E-state index contributed by atoms with van der Waals surface area (Å²) < 4.78 is 40.8. The van der Waals surface area contributed by atoms with E-state index in [4.69, 9.17) is 4.74 Å². The molecule has 0 aliphatic heterocycles. The molecule has 2 unspecified atom stereocenters. The van der Waals surface area contributed by atoms with Crippen molar-refractivity contribution in [3.8, 4) is 0 Å². The molecule has 0 aromatic heterocycles. The lowest BCUT2D eigenvalue weighted by molar-refractivity contribution is -0.149. The highest BCUT2D eigenvalue weighted by atomic mass is 19.4. The molecule has 0 radical (unpaired) electrons. The third kappa shape index (κ3) is 3.92. The first-order chi connectivity index (χ1) is 7.41. The number of halogens is 3. The van der Waals surface area contributed by atoms with Crippen molar-refractivity contribution in [2.24, 2.45) is 0 Å². The molecule has 1 aliphatic carbocycles. The fourth-order valence-corrected chi connectivity index (χ4v) is 2.01. The highest BCUT2D eigenvalue weighted by molar-refractivity contribution is 4.95. The monoisotopic (exact) mass is 241 g/mol. The van der Waals surface area contributed by atoms with E-state index in [-0.39, 0.29) is 24.9 Å². The summed E-state index contributed by atoms with van der Waals surface area (Å²) in [5.41, 5.74) is -0.372. The average molecular weight is 241 g/mol. The van der Waals surface area contributed by atoms with Crippen molar-refractivity contribution in [1.82, 2.24) is 5.32 Å². The normalized spacial score (nSPS) is 30.9. The van der Waals surface area contributed by atoms with Gasteiger partial charge in [-0.2, -0.15) is 13.2 Å². The minimum atomic E-state index is -4.16. The Labute approximate surface area is 93.0 Å². The van der Waals surface area contributed by atoms with Crippen LogP contribution in [0.1, 0.15) is 25.7 Å². The largest absolute Gasteiger partial charge is 0.394 e. The zero-order chi connectivity index (χ0) is 12.2.